The number of hydrogen-bond acceptors (Lipinski definition) is 12. The van der Waals surface area contributed by atoms with E-state index in [-0.39, 0.29) is 57.1 Å². The Balaban J connectivity index is 0.000000665. The molecule has 0 aliphatic heterocycles. The van der Waals surface area contributed by atoms with Gasteiger partial charge < -0.3 is 24.8 Å². The van der Waals surface area contributed by atoms with E-state index in [9.17, 15) is 19.2 Å². The monoisotopic (exact) mass is 894 g/mol. The molecule has 0 aromatic carbocycles. The molecule has 15 heteroatoms. The van der Waals surface area contributed by atoms with Gasteiger partial charge in [0.1, 0.15) is 14.8 Å². The summed E-state index contributed by atoms with van der Waals surface area (Å²) in [5.74, 6) is -0.377. The third kappa shape index (κ3) is 23.0. The van der Waals surface area contributed by atoms with Crippen LogP contribution >= 0.6 is 63.8 Å². The van der Waals surface area contributed by atoms with Gasteiger partial charge in [0.15, 0.2) is 0 Å². The minimum absolute atomic E-state index is 0. The zero-order valence-corrected chi connectivity index (χ0v) is 38.4. The third-order valence-electron chi connectivity index (χ3n) is 10.4. The van der Waals surface area contributed by atoms with Gasteiger partial charge in [-0.25, -0.2) is 0 Å². The van der Waals surface area contributed by atoms with Crippen LogP contribution in [-0.2, 0) is 33.4 Å². The fraction of sp³-hybridized carbons (Fsp3) is 0.897. The molecule has 0 atom stereocenters. The number of carboxylic acid groups (broad SMARTS) is 1. The van der Waals surface area contributed by atoms with E-state index in [2.05, 4.69) is 38.0 Å². The number of rotatable bonds is 10. The minimum Gasteiger partial charge on any atom is -0.870 e. The molecule has 0 aromatic rings. The van der Waals surface area contributed by atoms with Crippen LogP contribution in [0.25, 0.3) is 0 Å². The standard InChI is InChI=1S/C11H18O2S.C10H16O2S.C9H16O2S.C6H12S.C3H5BrO2.Li.H2O/c1-13-10(12)11(7-8-11)14-9-5-3-2-4-6-9;11-9(12)10(6-7-10)13-8-4-2-1-3-5-8;1-11-9(10)7-12-8-5-3-2-4-6-8;7-6-4-2-1-3-5-6;1-6-3(5)2-4;;/h9H,2-8H2,1H3;8H,1-7H2,(H,11,12);8H,2-7H2,1H3;6-7H,1-5H2;2H2,1H3;;1H2/q;;;;;+1;/p-1. The van der Waals surface area contributed by atoms with Crippen LogP contribution in [0.3, 0.4) is 0 Å². The van der Waals surface area contributed by atoms with Gasteiger partial charge in [-0.1, -0.05) is 93.0 Å². The predicted octanol–water partition coefficient (Wildman–Crippen LogP) is 7.28. The van der Waals surface area contributed by atoms with Gasteiger partial charge in [0.05, 0.1) is 27.1 Å². The van der Waals surface area contributed by atoms with Gasteiger partial charge in [-0.15, -0.1) is 35.3 Å². The van der Waals surface area contributed by atoms with Crippen LogP contribution < -0.4 is 18.9 Å². The molecule has 0 bridgehead atoms. The molecule has 310 valence electrons. The number of methoxy groups -OCH3 is 3. The van der Waals surface area contributed by atoms with Crippen LogP contribution in [0.4, 0.5) is 0 Å². The normalized spacial score (nSPS) is 21.6. The Morgan fingerprint density at radius 2 is 0.981 bits per heavy atom. The van der Waals surface area contributed by atoms with E-state index in [1.165, 1.54) is 150 Å². The fourth-order valence-electron chi connectivity index (χ4n) is 6.78. The zero-order chi connectivity index (χ0) is 38.2. The van der Waals surface area contributed by atoms with Crippen LogP contribution in [0.2, 0.25) is 0 Å². The molecule has 6 fully saturated rings. The molecular formula is C39H68BrLiO9S4. The Morgan fingerprint density at radius 3 is 1.26 bits per heavy atom. The van der Waals surface area contributed by atoms with Crippen LogP contribution in [0, 0.1) is 0 Å². The summed E-state index contributed by atoms with van der Waals surface area (Å²) < 4.78 is 13.2. The number of ether oxygens (including phenoxy) is 3. The predicted molar refractivity (Wildman–Crippen MR) is 227 cm³/mol. The van der Waals surface area contributed by atoms with Crippen molar-refractivity contribution in [3.05, 3.63) is 0 Å². The second kappa shape index (κ2) is 31.3. The summed E-state index contributed by atoms with van der Waals surface area (Å²) in [6.45, 7) is 0. The van der Waals surface area contributed by atoms with Gasteiger partial charge >= 0.3 is 42.7 Å². The number of carbonyl (C=O) groups excluding carboxylic acids is 3. The third-order valence-corrected chi connectivity index (χ3v) is 16.4. The number of halogens is 1. The van der Waals surface area contributed by atoms with E-state index in [1.54, 1.807) is 23.5 Å². The van der Waals surface area contributed by atoms with E-state index < -0.39 is 5.97 Å². The van der Waals surface area contributed by atoms with Crippen molar-refractivity contribution in [3.63, 3.8) is 0 Å². The molecule has 0 amide bonds. The Bertz CT molecular complexity index is 1020. The molecule has 9 nitrogen and oxygen atoms in total. The van der Waals surface area contributed by atoms with Crippen LogP contribution in [0.1, 0.15) is 154 Å². The van der Waals surface area contributed by atoms with Crippen molar-refractivity contribution in [1.29, 1.82) is 0 Å². The number of thiol groups is 1. The second-order valence-corrected chi connectivity index (χ2v) is 20.6. The van der Waals surface area contributed by atoms with Gasteiger partial charge in [0, 0.05) is 21.0 Å². The molecular weight excluding hydrogens is 828 g/mol. The van der Waals surface area contributed by atoms with Crippen LogP contribution in [0.5, 0.6) is 0 Å². The Labute approximate surface area is 365 Å². The number of alkyl halides is 1. The molecule has 6 aliphatic carbocycles. The summed E-state index contributed by atoms with van der Waals surface area (Å²) in [5.41, 5.74) is 0. The summed E-state index contributed by atoms with van der Waals surface area (Å²) in [5, 5.41) is 12.1. The van der Waals surface area contributed by atoms with Crippen molar-refractivity contribution in [1.82, 2.24) is 0 Å². The van der Waals surface area contributed by atoms with Crippen molar-refractivity contribution in [2.75, 3.05) is 32.4 Å². The van der Waals surface area contributed by atoms with Crippen molar-refractivity contribution >= 4 is 87.7 Å². The molecule has 0 spiro atoms. The van der Waals surface area contributed by atoms with Gasteiger partial charge in [0.25, 0.3) is 0 Å². The molecule has 6 saturated carbocycles. The zero-order valence-electron chi connectivity index (χ0n) is 33.5. The van der Waals surface area contributed by atoms with Gasteiger partial charge in [-0.2, -0.15) is 12.6 Å². The molecule has 6 rings (SSSR count). The molecule has 0 heterocycles. The Kier molecular flexibility index (Phi) is 31.5. The van der Waals surface area contributed by atoms with Gasteiger partial charge in [0.2, 0.25) is 0 Å². The number of aliphatic carboxylic acids is 1. The molecule has 2 N–H and O–H groups in total. The average Bonchev–Trinajstić information content (AvgIpc) is 4.13. The first-order valence-corrected chi connectivity index (χ1v) is 24.1. The second-order valence-electron chi connectivity index (χ2n) is 14.7. The topological polar surface area (TPSA) is 146 Å². The largest absolute Gasteiger partial charge is 1.00 e. The van der Waals surface area contributed by atoms with Crippen molar-refractivity contribution in [3.8, 4) is 0 Å². The average molecular weight is 896 g/mol. The fourth-order valence-corrected chi connectivity index (χ4v) is 11.9. The number of hydrogen-bond donors (Lipinski definition) is 2. The molecule has 0 unspecified atom stereocenters. The van der Waals surface area contributed by atoms with E-state index in [4.69, 9.17) is 9.84 Å². The summed E-state index contributed by atoms with van der Waals surface area (Å²) in [4.78, 5) is 43.2. The van der Waals surface area contributed by atoms with E-state index in [1.807, 2.05) is 11.8 Å². The molecule has 54 heavy (non-hydrogen) atoms. The summed E-state index contributed by atoms with van der Waals surface area (Å²) >= 11 is 12.7. The van der Waals surface area contributed by atoms with E-state index in [0.29, 0.717) is 21.5 Å². The van der Waals surface area contributed by atoms with Gasteiger partial charge in [-0.05, 0) is 77.0 Å². The number of carbonyl (C=O) groups is 4. The Morgan fingerprint density at radius 1 is 0.611 bits per heavy atom. The molecule has 0 radical (unpaired) electrons. The van der Waals surface area contributed by atoms with Crippen molar-refractivity contribution in [2.24, 2.45) is 0 Å². The molecule has 6 aliphatic rings. The molecule has 0 aromatic heterocycles. The molecule has 0 saturated heterocycles. The first-order chi connectivity index (χ1) is 25.0. The maximum absolute atomic E-state index is 11.5. The smallest absolute Gasteiger partial charge is 0.870 e. The first-order valence-electron chi connectivity index (χ1n) is 19.7. The quantitative estimate of drug-likeness (QED) is 0.0748. The van der Waals surface area contributed by atoms with E-state index in [0.717, 1.165) is 30.9 Å². The number of carboxylic acids is 1. The van der Waals surface area contributed by atoms with Crippen LogP contribution in [-0.4, -0.2) is 97.4 Å². The van der Waals surface area contributed by atoms with Crippen molar-refractivity contribution in [2.45, 2.75) is 185 Å². The number of thioether (sulfide) groups is 3. The number of esters is 3. The minimum atomic E-state index is -0.580. The SMILES string of the molecule is COC(=O)C1(SC2CCCCC2)CC1.COC(=O)CBr.COC(=O)CSC1CCCCC1.O=C(O)C1(SC2CCCCC2)CC1.SC1CCCCC1.[Li+].[OH-]. The maximum Gasteiger partial charge on any atom is 1.00 e. The maximum atomic E-state index is 11.5. The summed E-state index contributed by atoms with van der Waals surface area (Å²) in [6, 6.07) is 0. The summed E-state index contributed by atoms with van der Waals surface area (Å²) in [6.07, 6.45) is 30.5. The van der Waals surface area contributed by atoms with Crippen molar-refractivity contribution < 1.29 is 62.8 Å². The summed E-state index contributed by atoms with van der Waals surface area (Å²) in [7, 11) is 4.30. The first kappa shape index (κ1) is 54.3. The van der Waals surface area contributed by atoms with Gasteiger partial charge in [-0.3, -0.25) is 19.2 Å². The Hall–Kier alpha value is 0.317. The van der Waals surface area contributed by atoms with Crippen LogP contribution in [0.15, 0.2) is 0 Å². The van der Waals surface area contributed by atoms with E-state index >= 15 is 0 Å².